The minimum absolute atomic E-state index is 0.439. The van der Waals surface area contributed by atoms with Crippen LogP contribution in [0, 0.1) is 0 Å². The molecule has 0 bridgehead atoms. The molecule has 0 aromatic carbocycles. The van der Waals surface area contributed by atoms with Crippen LogP contribution in [-0.2, 0) is 4.74 Å². The number of carbonyl (C=O) groups is 1. The first-order valence-electron chi connectivity index (χ1n) is 2.51. The Balaban J connectivity index is 3.70. The van der Waals surface area contributed by atoms with Crippen molar-refractivity contribution >= 4 is 40.9 Å². The fraction of sp³-hybridized carbons (Fsp3) is 0.750. The molecule has 1 atom stereocenters. The van der Waals surface area contributed by atoms with Gasteiger partial charge in [-0.05, 0) is 0 Å². The minimum atomic E-state index is -1.87. The van der Waals surface area contributed by atoms with Crippen LogP contribution in [0.1, 0.15) is 0 Å². The second-order valence-corrected chi connectivity index (χ2v) is 4.06. The molecular formula is C4H6Cl3NO3. The molecule has 0 aliphatic heterocycles. The van der Waals surface area contributed by atoms with Crippen molar-refractivity contribution < 1.29 is 14.6 Å². The number of rotatable bonds is 2. The van der Waals surface area contributed by atoms with Crippen LogP contribution in [0.15, 0.2) is 0 Å². The van der Waals surface area contributed by atoms with Gasteiger partial charge in [0.25, 0.3) is 0 Å². The van der Waals surface area contributed by atoms with Gasteiger partial charge in [-0.15, -0.1) is 0 Å². The Labute approximate surface area is 78.2 Å². The molecule has 0 aliphatic rings. The van der Waals surface area contributed by atoms with Crippen molar-refractivity contribution in [1.29, 1.82) is 0 Å². The Hall–Kier alpha value is 0.1000. The van der Waals surface area contributed by atoms with Crippen molar-refractivity contribution in [3.05, 3.63) is 0 Å². The number of alkyl halides is 3. The largest absolute Gasteiger partial charge is 0.447 e. The maximum atomic E-state index is 9.99. The Morgan fingerprint density at radius 3 is 2.36 bits per heavy atom. The zero-order valence-electron chi connectivity index (χ0n) is 5.26. The van der Waals surface area contributed by atoms with Crippen LogP contribution in [0.4, 0.5) is 4.79 Å². The van der Waals surface area contributed by atoms with Gasteiger partial charge in [0, 0.05) is 0 Å². The maximum absolute atomic E-state index is 9.99. The molecule has 0 aromatic heterocycles. The summed E-state index contributed by atoms with van der Waals surface area (Å²) in [5.41, 5.74) is 4.58. The number of primary amides is 1. The molecule has 0 fully saturated rings. The number of hydrogen-bond acceptors (Lipinski definition) is 3. The normalized spacial score (nSPS) is 14.2. The lowest BCUT2D eigenvalue weighted by Crippen LogP contribution is -2.32. The average molecular weight is 222 g/mol. The van der Waals surface area contributed by atoms with Crippen LogP contribution >= 0.6 is 34.8 Å². The highest BCUT2D eigenvalue weighted by atomic mass is 35.6. The smallest absolute Gasteiger partial charge is 0.404 e. The van der Waals surface area contributed by atoms with Crippen molar-refractivity contribution in [2.24, 2.45) is 5.73 Å². The number of halogens is 3. The fourth-order valence-electron chi connectivity index (χ4n) is 0.256. The van der Waals surface area contributed by atoms with Gasteiger partial charge in [0.05, 0.1) is 0 Å². The van der Waals surface area contributed by atoms with Crippen molar-refractivity contribution in [2.75, 3.05) is 6.61 Å². The highest BCUT2D eigenvalue weighted by molar-refractivity contribution is 6.68. The molecule has 7 heteroatoms. The third kappa shape index (κ3) is 5.38. The Morgan fingerprint density at radius 2 is 2.09 bits per heavy atom. The first kappa shape index (κ1) is 11.1. The molecule has 0 aromatic rings. The topological polar surface area (TPSA) is 72.6 Å². The molecule has 0 heterocycles. The molecule has 0 aliphatic carbocycles. The van der Waals surface area contributed by atoms with E-state index in [1.807, 2.05) is 0 Å². The van der Waals surface area contributed by atoms with Gasteiger partial charge in [0.15, 0.2) is 0 Å². The van der Waals surface area contributed by atoms with E-state index in [2.05, 4.69) is 10.5 Å². The van der Waals surface area contributed by atoms with E-state index in [0.717, 1.165) is 0 Å². The van der Waals surface area contributed by atoms with Crippen LogP contribution in [-0.4, -0.2) is 27.7 Å². The van der Waals surface area contributed by atoms with Crippen LogP contribution < -0.4 is 5.73 Å². The number of carbonyl (C=O) groups excluding carboxylic acids is 1. The molecule has 1 amide bonds. The van der Waals surface area contributed by atoms with E-state index in [9.17, 15) is 4.79 Å². The summed E-state index contributed by atoms with van der Waals surface area (Å²) in [6.07, 6.45) is -2.40. The molecule has 66 valence electrons. The summed E-state index contributed by atoms with van der Waals surface area (Å²) in [5, 5.41) is 8.91. The van der Waals surface area contributed by atoms with Crippen molar-refractivity contribution in [3.8, 4) is 0 Å². The van der Waals surface area contributed by atoms with Gasteiger partial charge < -0.3 is 15.6 Å². The summed E-state index contributed by atoms with van der Waals surface area (Å²) in [6, 6.07) is 0. The Kier molecular flexibility index (Phi) is 4.25. The summed E-state index contributed by atoms with van der Waals surface area (Å²) in [4.78, 5) is 9.99. The van der Waals surface area contributed by atoms with Crippen molar-refractivity contribution in [3.63, 3.8) is 0 Å². The van der Waals surface area contributed by atoms with E-state index < -0.39 is 22.6 Å². The second-order valence-electron chi connectivity index (χ2n) is 1.69. The summed E-state index contributed by atoms with van der Waals surface area (Å²) in [7, 11) is 0. The predicted molar refractivity (Wildman–Crippen MR) is 41.8 cm³/mol. The lowest BCUT2D eigenvalue weighted by atomic mass is 10.4. The van der Waals surface area contributed by atoms with Crippen molar-refractivity contribution in [2.45, 2.75) is 9.90 Å². The average Bonchev–Trinajstić information content (AvgIpc) is 1.80. The Bertz CT molecular complexity index is 146. The molecule has 4 nitrogen and oxygen atoms in total. The SMILES string of the molecule is NC(=O)OCC(O)C(Cl)(Cl)Cl. The quantitative estimate of drug-likeness (QED) is 0.679. The third-order valence-corrected chi connectivity index (χ3v) is 1.52. The van der Waals surface area contributed by atoms with E-state index >= 15 is 0 Å². The van der Waals surface area contributed by atoms with Gasteiger partial charge >= 0.3 is 6.09 Å². The zero-order chi connectivity index (χ0) is 9.07. The predicted octanol–water partition coefficient (Wildman–Crippen LogP) is 0.813. The first-order valence-corrected chi connectivity index (χ1v) is 3.64. The molecule has 11 heavy (non-hydrogen) atoms. The van der Waals surface area contributed by atoms with Crippen LogP contribution in [0.3, 0.4) is 0 Å². The number of aliphatic hydroxyl groups is 1. The molecule has 0 saturated carbocycles. The molecular weight excluding hydrogens is 216 g/mol. The van der Waals surface area contributed by atoms with Crippen LogP contribution in [0.25, 0.3) is 0 Å². The van der Waals surface area contributed by atoms with E-state index in [-0.39, 0.29) is 0 Å². The summed E-state index contributed by atoms with van der Waals surface area (Å²) >= 11 is 15.6. The number of ether oxygens (including phenoxy) is 1. The summed E-state index contributed by atoms with van der Waals surface area (Å²) in [5.74, 6) is 0. The van der Waals surface area contributed by atoms with Gasteiger partial charge in [-0.3, -0.25) is 0 Å². The van der Waals surface area contributed by atoms with E-state index in [1.165, 1.54) is 0 Å². The van der Waals surface area contributed by atoms with Gasteiger partial charge in [0.1, 0.15) is 12.7 Å². The highest BCUT2D eigenvalue weighted by Crippen LogP contribution is 2.30. The standard InChI is InChI=1S/C4H6Cl3NO3/c5-4(6,7)2(9)1-11-3(8)10/h2,9H,1H2,(H2,8,10). The lowest BCUT2D eigenvalue weighted by Gasteiger charge is -2.17. The molecule has 1 unspecified atom stereocenters. The van der Waals surface area contributed by atoms with E-state index in [1.54, 1.807) is 0 Å². The highest BCUT2D eigenvalue weighted by Gasteiger charge is 2.31. The fourth-order valence-corrected chi connectivity index (χ4v) is 0.445. The van der Waals surface area contributed by atoms with Crippen LogP contribution in [0.2, 0.25) is 0 Å². The van der Waals surface area contributed by atoms with Gasteiger partial charge in [-0.2, -0.15) is 0 Å². The zero-order valence-corrected chi connectivity index (χ0v) is 7.53. The molecule has 0 radical (unpaired) electrons. The van der Waals surface area contributed by atoms with Crippen LogP contribution in [0.5, 0.6) is 0 Å². The lowest BCUT2D eigenvalue weighted by molar-refractivity contribution is 0.0752. The minimum Gasteiger partial charge on any atom is -0.447 e. The summed E-state index contributed by atoms with van der Waals surface area (Å²) in [6.45, 7) is -0.439. The third-order valence-electron chi connectivity index (χ3n) is 0.761. The number of aliphatic hydroxyl groups excluding tert-OH is 1. The molecule has 3 N–H and O–H groups in total. The van der Waals surface area contributed by atoms with Gasteiger partial charge in [-0.1, -0.05) is 34.8 Å². The van der Waals surface area contributed by atoms with Gasteiger partial charge in [0.2, 0.25) is 3.79 Å². The monoisotopic (exact) mass is 221 g/mol. The number of nitrogens with two attached hydrogens (primary N) is 1. The Morgan fingerprint density at radius 1 is 1.64 bits per heavy atom. The molecule has 0 rings (SSSR count). The number of hydrogen-bond donors (Lipinski definition) is 2. The summed E-state index contributed by atoms with van der Waals surface area (Å²) < 4.78 is 2.30. The van der Waals surface area contributed by atoms with E-state index in [4.69, 9.17) is 39.9 Å². The second kappa shape index (κ2) is 4.21. The van der Waals surface area contributed by atoms with Gasteiger partial charge in [-0.25, -0.2) is 4.79 Å². The number of amides is 1. The molecule has 0 spiro atoms. The molecule has 0 saturated heterocycles. The first-order chi connectivity index (χ1) is 4.84. The van der Waals surface area contributed by atoms with Crippen molar-refractivity contribution in [1.82, 2.24) is 0 Å². The maximum Gasteiger partial charge on any atom is 0.404 e. The van der Waals surface area contributed by atoms with E-state index in [0.29, 0.717) is 0 Å².